The average Bonchev–Trinajstić information content (AvgIpc) is 3.31. The molecule has 0 aromatic carbocycles. The van der Waals surface area contributed by atoms with Gasteiger partial charge in [0.1, 0.15) is 0 Å². The summed E-state index contributed by atoms with van der Waals surface area (Å²) in [6.07, 6.45) is 12.7. The molecule has 0 aromatic heterocycles. The molecule has 0 saturated heterocycles. The SMILES string of the molecule is CN=C(NCC(C1CC1)C1CC1)NC1CCCCC1.I. The molecule has 0 amide bonds. The standard InChI is InChI=1S/C16H29N3.HI/c1-17-16(19-14-5-3-2-4-6-14)18-11-15(12-7-8-12)13-9-10-13;/h12-15H,2-11H2,1H3,(H2,17,18,19);1H. The van der Waals surface area contributed by atoms with Gasteiger partial charge in [-0.3, -0.25) is 4.99 Å². The van der Waals surface area contributed by atoms with Gasteiger partial charge in [0.2, 0.25) is 0 Å². The minimum absolute atomic E-state index is 0. The molecule has 0 atom stereocenters. The van der Waals surface area contributed by atoms with Gasteiger partial charge in [0.05, 0.1) is 0 Å². The van der Waals surface area contributed by atoms with Gasteiger partial charge >= 0.3 is 0 Å². The molecule has 0 spiro atoms. The molecule has 3 aliphatic rings. The van der Waals surface area contributed by atoms with E-state index in [0.29, 0.717) is 6.04 Å². The summed E-state index contributed by atoms with van der Waals surface area (Å²) in [7, 11) is 1.90. The zero-order chi connectivity index (χ0) is 13.1. The van der Waals surface area contributed by atoms with Crippen LogP contribution in [0.4, 0.5) is 0 Å². The molecule has 116 valence electrons. The Morgan fingerprint density at radius 1 is 1.00 bits per heavy atom. The number of nitrogens with zero attached hydrogens (tertiary/aromatic N) is 1. The van der Waals surface area contributed by atoms with Crippen molar-refractivity contribution >= 4 is 29.9 Å². The number of aliphatic imine (C=N–C) groups is 1. The van der Waals surface area contributed by atoms with Crippen LogP contribution in [0.1, 0.15) is 57.8 Å². The molecular formula is C16H30IN3. The monoisotopic (exact) mass is 391 g/mol. The molecule has 3 nitrogen and oxygen atoms in total. The second-order valence-electron chi connectivity index (χ2n) is 6.77. The van der Waals surface area contributed by atoms with Crippen molar-refractivity contribution in [3.8, 4) is 0 Å². The lowest BCUT2D eigenvalue weighted by Gasteiger charge is -2.26. The average molecular weight is 391 g/mol. The fourth-order valence-corrected chi connectivity index (χ4v) is 3.62. The first-order valence-corrected chi connectivity index (χ1v) is 8.34. The normalized spacial score (nSPS) is 24.4. The maximum absolute atomic E-state index is 4.41. The van der Waals surface area contributed by atoms with Gasteiger partial charge in [-0.15, -0.1) is 24.0 Å². The highest BCUT2D eigenvalue weighted by molar-refractivity contribution is 14.0. The molecule has 0 bridgehead atoms. The molecule has 3 saturated carbocycles. The van der Waals surface area contributed by atoms with Gasteiger partial charge in [-0.05, 0) is 56.3 Å². The van der Waals surface area contributed by atoms with E-state index in [2.05, 4.69) is 15.6 Å². The highest BCUT2D eigenvalue weighted by Gasteiger charge is 2.41. The molecule has 0 radical (unpaired) electrons. The Hall–Kier alpha value is 0. The Kier molecular flexibility index (Phi) is 6.43. The first-order valence-electron chi connectivity index (χ1n) is 8.34. The Morgan fingerprint density at radius 3 is 2.10 bits per heavy atom. The third-order valence-corrected chi connectivity index (χ3v) is 5.13. The van der Waals surface area contributed by atoms with Crippen molar-refractivity contribution in [3.05, 3.63) is 0 Å². The lowest BCUT2D eigenvalue weighted by atomic mass is 9.95. The van der Waals surface area contributed by atoms with Crippen LogP contribution >= 0.6 is 24.0 Å². The van der Waals surface area contributed by atoms with Crippen LogP contribution in [0.15, 0.2) is 4.99 Å². The third-order valence-electron chi connectivity index (χ3n) is 5.13. The van der Waals surface area contributed by atoms with Crippen LogP contribution in [0.3, 0.4) is 0 Å². The van der Waals surface area contributed by atoms with Crippen molar-refractivity contribution < 1.29 is 0 Å². The molecule has 20 heavy (non-hydrogen) atoms. The van der Waals surface area contributed by atoms with Gasteiger partial charge in [-0.2, -0.15) is 0 Å². The van der Waals surface area contributed by atoms with Crippen LogP contribution in [-0.2, 0) is 0 Å². The number of rotatable bonds is 5. The summed E-state index contributed by atoms with van der Waals surface area (Å²) < 4.78 is 0. The van der Waals surface area contributed by atoms with Gasteiger partial charge < -0.3 is 10.6 Å². The summed E-state index contributed by atoms with van der Waals surface area (Å²) in [4.78, 5) is 4.41. The predicted octanol–water partition coefficient (Wildman–Crippen LogP) is 3.54. The van der Waals surface area contributed by atoms with Crippen molar-refractivity contribution in [2.45, 2.75) is 63.8 Å². The van der Waals surface area contributed by atoms with Crippen LogP contribution in [0.2, 0.25) is 0 Å². The van der Waals surface area contributed by atoms with Crippen LogP contribution in [0.25, 0.3) is 0 Å². The van der Waals surface area contributed by atoms with E-state index in [0.717, 1.165) is 30.3 Å². The Morgan fingerprint density at radius 2 is 1.60 bits per heavy atom. The van der Waals surface area contributed by atoms with Crippen LogP contribution in [0, 0.1) is 17.8 Å². The minimum Gasteiger partial charge on any atom is -0.356 e. The lowest BCUT2D eigenvalue weighted by Crippen LogP contribution is -2.45. The smallest absolute Gasteiger partial charge is 0.191 e. The molecular weight excluding hydrogens is 361 g/mol. The fraction of sp³-hybridized carbons (Fsp3) is 0.938. The topological polar surface area (TPSA) is 36.4 Å². The van der Waals surface area contributed by atoms with Crippen LogP contribution in [-0.4, -0.2) is 25.6 Å². The lowest BCUT2D eigenvalue weighted by molar-refractivity contribution is 0.389. The van der Waals surface area contributed by atoms with Crippen molar-refractivity contribution in [2.24, 2.45) is 22.7 Å². The molecule has 3 fully saturated rings. The number of halogens is 1. The third kappa shape index (κ3) is 4.78. The highest BCUT2D eigenvalue weighted by atomic mass is 127. The summed E-state index contributed by atoms with van der Waals surface area (Å²) >= 11 is 0. The summed E-state index contributed by atoms with van der Waals surface area (Å²) in [5.74, 6) is 4.00. The second kappa shape index (κ2) is 7.85. The summed E-state index contributed by atoms with van der Waals surface area (Å²) in [6, 6.07) is 0.653. The van der Waals surface area contributed by atoms with E-state index in [-0.39, 0.29) is 24.0 Å². The van der Waals surface area contributed by atoms with E-state index in [1.807, 2.05) is 7.05 Å². The molecule has 0 aromatic rings. The van der Waals surface area contributed by atoms with Gasteiger partial charge in [0.25, 0.3) is 0 Å². The van der Waals surface area contributed by atoms with E-state index in [1.165, 1.54) is 57.8 Å². The van der Waals surface area contributed by atoms with Crippen LogP contribution in [0.5, 0.6) is 0 Å². The molecule has 0 heterocycles. The predicted molar refractivity (Wildman–Crippen MR) is 95.7 cm³/mol. The summed E-state index contributed by atoms with van der Waals surface area (Å²) in [6.45, 7) is 1.14. The van der Waals surface area contributed by atoms with Gasteiger partial charge in [-0.25, -0.2) is 0 Å². The molecule has 0 unspecified atom stereocenters. The van der Waals surface area contributed by atoms with Crippen LogP contribution < -0.4 is 10.6 Å². The van der Waals surface area contributed by atoms with Crippen molar-refractivity contribution in [3.63, 3.8) is 0 Å². The van der Waals surface area contributed by atoms with E-state index >= 15 is 0 Å². The maximum Gasteiger partial charge on any atom is 0.191 e. The number of nitrogens with one attached hydrogen (secondary N) is 2. The minimum atomic E-state index is 0. The second-order valence-corrected chi connectivity index (χ2v) is 6.77. The summed E-state index contributed by atoms with van der Waals surface area (Å²) in [5, 5.41) is 7.22. The zero-order valence-corrected chi connectivity index (χ0v) is 15.1. The Labute approximate surface area is 140 Å². The van der Waals surface area contributed by atoms with E-state index < -0.39 is 0 Å². The number of hydrogen-bond acceptors (Lipinski definition) is 1. The first-order chi connectivity index (χ1) is 9.36. The zero-order valence-electron chi connectivity index (χ0n) is 12.7. The van der Waals surface area contributed by atoms with Gasteiger partial charge in [0, 0.05) is 19.6 Å². The van der Waals surface area contributed by atoms with E-state index in [4.69, 9.17) is 0 Å². The molecule has 3 rings (SSSR count). The highest BCUT2D eigenvalue weighted by Crippen LogP contribution is 2.48. The molecule has 0 aliphatic heterocycles. The van der Waals surface area contributed by atoms with Crippen molar-refractivity contribution in [1.82, 2.24) is 10.6 Å². The molecule has 2 N–H and O–H groups in total. The van der Waals surface area contributed by atoms with Crippen molar-refractivity contribution in [2.75, 3.05) is 13.6 Å². The Balaban J connectivity index is 0.00000147. The Bertz CT molecular complexity index is 306. The quantitative estimate of drug-likeness (QED) is 0.427. The molecule has 3 aliphatic carbocycles. The van der Waals surface area contributed by atoms with Gasteiger partial charge in [0.15, 0.2) is 5.96 Å². The summed E-state index contributed by atoms with van der Waals surface area (Å²) in [5.41, 5.74) is 0. The van der Waals surface area contributed by atoms with E-state index in [1.54, 1.807) is 0 Å². The number of guanidine groups is 1. The van der Waals surface area contributed by atoms with Gasteiger partial charge in [-0.1, -0.05) is 19.3 Å². The fourth-order valence-electron chi connectivity index (χ4n) is 3.62. The maximum atomic E-state index is 4.41. The van der Waals surface area contributed by atoms with E-state index in [9.17, 15) is 0 Å². The number of hydrogen-bond donors (Lipinski definition) is 2. The first kappa shape index (κ1) is 16.4. The van der Waals surface area contributed by atoms with Crippen molar-refractivity contribution in [1.29, 1.82) is 0 Å². The largest absolute Gasteiger partial charge is 0.356 e. The molecule has 4 heteroatoms.